The van der Waals surface area contributed by atoms with Gasteiger partial charge in [-0.1, -0.05) is 18.2 Å². The summed E-state index contributed by atoms with van der Waals surface area (Å²) in [6, 6.07) is 18.8. The van der Waals surface area contributed by atoms with Gasteiger partial charge in [0.2, 0.25) is 0 Å². The molecule has 5 rings (SSSR count). The number of aromatic amines is 1. The maximum absolute atomic E-state index is 13.4. The van der Waals surface area contributed by atoms with Crippen LogP contribution in [0.2, 0.25) is 0 Å². The molecule has 2 N–H and O–H groups in total. The third kappa shape index (κ3) is 4.34. The Kier molecular flexibility index (Phi) is 6.79. The monoisotopic (exact) mass is 512 g/mol. The lowest BCUT2D eigenvalue weighted by molar-refractivity contribution is -0.139. The molecule has 1 atom stereocenters. The molecule has 0 bridgehead atoms. The molecule has 0 spiro atoms. The van der Waals surface area contributed by atoms with Gasteiger partial charge in [0.15, 0.2) is 0 Å². The number of hydrogen-bond acceptors (Lipinski definition) is 6. The summed E-state index contributed by atoms with van der Waals surface area (Å²) >= 11 is 0. The van der Waals surface area contributed by atoms with Gasteiger partial charge in [0.05, 0.1) is 32.9 Å². The molecule has 2 heterocycles. The Morgan fingerprint density at radius 2 is 1.63 bits per heavy atom. The third-order valence-corrected chi connectivity index (χ3v) is 6.93. The van der Waals surface area contributed by atoms with Gasteiger partial charge in [-0.2, -0.15) is 0 Å². The summed E-state index contributed by atoms with van der Waals surface area (Å²) in [7, 11) is 4.70. The molecule has 4 aromatic rings. The summed E-state index contributed by atoms with van der Waals surface area (Å²) in [6.45, 7) is 0.247. The number of methoxy groups -OCH3 is 3. The first-order chi connectivity index (χ1) is 18.5. The summed E-state index contributed by atoms with van der Waals surface area (Å²) in [5, 5.41) is 12.3. The lowest BCUT2D eigenvalue weighted by atomic mass is 9.94. The maximum Gasteiger partial charge on any atom is 0.295 e. The van der Waals surface area contributed by atoms with Crippen molar-refractivity contribution >= 4 is 28.4 Å². The van der Waals surface area contributed by atoms with Crippen LogP contribution in [0.3, 0.4) is 0 Å². The van der Waals surface area contributed by atoms with Crippen molar-refractivity contribution in [2.24, 2.45) is 0 Å². The number of hydrogen-bond donors (Lipinski definition) is 2. The number of benzene rings is 3. The Morgan fingerprint density at radius 3 is 2.34 bits per heavy atom. The fraction of sp³-hybridized carbons (Fsp3) is 0.200. The van der Waals surface area contributed by atoms with Crippen LogP contribution in [-0.2, 0) is 16.0 Å². The van der Waals surface area contributed by atoms with Crippen molar-refractivity contribution in [3.8, 4) is 17.2 Å². The lowest BCUT2D eigenvalue weighted by Gasteiger charge is -2.26. The molecule has 1 unspecified atom stereocenters. The van der Waals surface area contributed by atoms with Gasteiger partial charge in [-0.15, -0.1) is 0 Å². The molecule has 1 saturated heterocycles. The molecule has 0 radical (unpaired) electrons. The van der Waals surface area contributed by atoms with Crippen molar-refractivity contribution in [2.45, 2.75) is 12.5 Å². The molecule has 1 fully saturated rings. The zero-order chi connectivity index (χ0) is 26.8. The first-order valence-electron chi connectivity index (χ1n) is 12.2. The molecule has 3 aromatic carbocycles. The summed E-state index contributed by atoms with van der Waals surface area (Å²) in [6.07, 6.45) is 2.38. The van der Waals surface area contributed by atoms with E-state index in [1.807, 2.05) is 36.5 Å². The molecule has 38 heavy (non-hydrogen) atoms. The van der Waals surface area contributed by atoms with Crippen LogP contribution >= 0.6 is 0 Å². The second-order valence-corrected chi connectivity index (χ2v) is 8.94. The minimum Gasteiger partial charge on any atom is -0.507 e. The largest absolute Gasteiger partial charge is 0.507 e. The molecule has 0 aliphatic carbocycles. The van der Waals surface area contributed by atoms with Crippen LogP contribution < -0.4 is 14.2 Å². The van der Waals surface area contributed by atoms with Crippen LogP contribution in [0.15, 0.2) is 78.5 Å². The van der Waals surface area contributed by atoms with Crippen LogP contribution in [0.1, 0.15) is 22.7 Å². The van der Waals surface area contributed by atoms with E-state index >= 15 is 0 Å². The first kappa shape index (κ1) is 25.0. The number of aliphatic hydroxyl groups is 1. The number of carbonyl (C=O) groups is 2. The quantitative estimate of drug-likeness (QED) is 0.199. The molecule has 1 amide bonds. The standard InChI is InChI=1S/C30H28N2O6/c1-36-20-10-8-18(9-11-20)28(33)26-27(22-6-4-5-7-25(22)38-3)32(30(35)29(26)34)15-14-19-17-31-24-13-12-21(37-2)16-23(19)24/h4-13,16-17,27,31,33H,14-15H2,1-3H3/b28-26-. The van der Waals surface area contributed by atoms with Gasteiger partial charge in [0.1, 0.15) is 23.0 Å². The minimum atomic E-state index is -0.826. The molecule has 1 aliphatic rings. The molecule has 8 nitrogen and oxygen atoms in total. The van der Waals surface area contributed by atoms with Crippen LogP contribution in [0.4, 0.5) is 0 Å². The Morgan fingerprint density at radius 1 is 0.921 bits per heavy atom. The summed E-state index contributed by atoms with van der Waals surface area (Å²) in [4.78, 5) is 31.6. The van der Waals surface area contributed by atoms with Gasteiger partial charge in [0.25, 0.3) is 11.7 Å². The van der Waals surface area contributed by atoms with E-state index in [0.717, 1.165) is 22.2 Å². The molecule has 1 aliphatic heterocycles. The van der Waals surface area contributed by atoms with Crippen molar-refractivity contribution in [3.63, 3.8) is 0 Å². The van der Waals surface area contributed by atoms with Gasteiger partial charge >= 0.3 is 0 Å². The number of nitrogens with zero attached hydrogens (tertiary/aromatic N) is 1. The topological polar surface area (TPSA) is 101 Å². The van der Waals surface area contributed by atoms with E-state index in [9.17, 15) is 14.7 Å². The van der Waals surface area contributed by atoms with Crippen molar-refractivity contribution < 1.29 is 28.9 Å². The van der Waals surface area contributed by atoms with E-state index in [2.05, 4.69) is 4.98 Å². The number of rotatable bonds is 8. The van der Waals surface area contributed by atoms with E-state index in [4.69, 9.17) is 14.2 Å². The number of ketones is 1. The normalized spacial score (nSPS) is 16.7. The number of amides is 1. The molecule has 1 aromatic heterocycles. The third-order valence-electron chi connectivity index (χ3n) is 6.93. The maximum atomic E-state index is 13.4. The van der Waals surface area contributed by atoms with Gasteiger partial charge in [-0.25, -0.2) is 0 Å². The predicted molar refractivity (Wildman–Crippen MR) is 144 cm³/mol. The molecular formula is C30H28N2O6. The van der Waals surface area contributed by atoms with Crippen LogP contribution in [0.5, 0.6) is 17.2 Å². The average Bonchev–Trinajstić information content (AvgIpc) is 3.48. The Bertz CT molecular complexity index is 1540. The van der Waals surface area contributed by atoms with E-state index in [1.165, 1.54) is 12.0 Å². The lowest BCUT2D eigenvalue weighted by Crippen LogP contribution is -2.31. The fourth-order valence-electron chi connectivity index (χ4n) is 4.96. The second kappa shape index (κ2) is 10.3. The number of nitrogens with one attached hydrogen (secondary N) is 1. The number of fused-ring (bicyclic) bond motifs is 1. The fourth-order valence-corrected chi connectivity index (χ4v) is 4.96. The number of ether oxygens (including phenoxy) is 3. The number of H-pyrrole nitrogens is 1. The van der Waals surface area contributed by atoms with Gasteiger partial charge in [-0.05, 0) is 60.5 Å². The first-order valence-corrected chi connectivity index (χ1v) is 12.2. The zero-order valence-corrected chi connectivity index (χ0v) is 21.4. The summed E-state index contributed by atoms with van der Waals surface area (Å²) in [5.74, 6) is 0.192. The predicted octanol–water partition coefficient (Wildman–Crippen LogP) is 4.86. The highest BCUT2D eigenvalue weighted by molar-refractivity contribution is 6.46. The highest BCUT2D eigenvalue weighted by Crippen LogP contribution is 2.43. The number of aromatic nitrogens is 1. The molecule has 0 saturated carbocycles. The number of likely N-dealkylation sites (tertiary alicyclic amines) is 1. The highest BCUT2D eigenvalue weighted by atomic mass is 16.5. The number of para-hydroxylation sites is 1. The number of aliphatic hydroxyl groups excluding tert-OH is 1. The van der Waals surface area contributed by atoms with E-state index in [-0.39, 0.29) is 17.9 Å². The number of carbonyl (C=O) groups excluding carboxylic acids is 2. The average molecular weight is 513 g/mol. The van der Waals surface area contributed by atoms with E-state index < -0.39 is 17.7 Å². The second-order valence-electron chi connectivity index (χ2n) is 8.94. The molecular weight excluding hydrogens is 484 g/mol. The zero-order valence-electron chi connectivity index (χ0n) is 21.4. The Balaban J connectivity index is 1.57. The van der Waals surface area contributed by atoms with E-state index in [0.29, 0.717) is 29.0 Å². The van der Waals surface area contributed by atoms with Crippen LogP contribution in [0.25, 0.3) is 16.7 Å². The van der Waals surface area contributed by atoms with Crippen molar-refractivity contribution in [2.75, 3.05) is 27.9 Å². The smallest absolute Gasteiger partial charge is 0.295 e. The van der Waals surface area contributed by atoms with Crippen molar-refractivity contribution in [1.29, 1.82) is 0 Å². The van der Waals surface area contributed by atoms with Gasteiger partial charge in [-0.3, -0.25) is 9.59 Å². The van der Waals surface area contributed by atoms with Crippen molar-refractivity contribution in [1.82, 2.24) is 9.88 Å². The van der Waals surface area contributed by atoms with Crippen LogP contribution in [-0.4, -0.2) is 54.6 Å². The number of Topliss-reactive ketones (excluding diaryl/α,β-unsaturated/α-hetero) is 1. The minimum absolute atomic E-state index is 0.0188. The van der Waals surface area contributed by atoms with Gasteiger partial charge in [0, 0.05) is 34.8 Å². The van der Waals surface area contributed by atoms with Gasteiger partial charge < -0.3 is 29.2 Å². The Labute approximate surface area is 220 Å². The molecule has 194 valence electrons. The van der Waals surface area contributed by atoms with Crippen LogP contribution in [0, 0.1) is 0 Å². The van der Waals surface area contributed by atoms with Crippen molar-refractivity contribution in [3.05, 3.63) is 95.2 Å². The SMILES string of the molecule is COc1ccc(/C(O)=C2/C(=O)C(=O)N(CCc3c[nH]c4ccc(OC)cc34)C2c2ccccc2OC)cc1. The summed E-state index contributed by atoms with van der Waals surface area (Å²) < 4.78 is 16.2. The summed E-state index contributed by atoms with van der Waals surface area (Å²) in [5.41, 5.74) is 2.97. The highest BCUT2D eigenvalue weighted by Gasteiger charge is 2.46. The molecule has 8 heteroatoms. The Hall–Kier alpha value is -4.72. The van der Waals surface area contributed by atoms with E-state index in [1.54, 1.807) is 50.6 Å².